The van der Waals surface area contributed by atoms with Gasteiger partial charge in [-0.05, 0) is 307 Å². The summed E-state index contributed by atoms with van der Waals surface area (Å²) in [6, 6.07) is 25.0. The molecule has 5 aliphatic heterocycles. The molecule has 772 valence electrons. The Morgan fingerprint density at radius 1 is 0.338 bits per heavy atom. The normalized spacial score (nSPS) is 15.2. The predicted octanol–water partition coefficient (Wildman–Crippen LogP) is 30.1. The summed E-state index contributed by atoms with van der Waals surface area (Å²) in [7, 11) is 1.67. The molecule has 14 N–H and O–H groups in total. The largest absolute Gasteiger partial charge is 0.508 e. The number of phenols is 12. The predicted molar refractivity (Wildman–Crippen MR) is 596 cm³/mol. The first-order valence-electron chi connectivity index (χ1n) is 50.8. The van der Waals surface area contributed by atoms with Gasteiger partial charge in [-0.1, -0.05) is 164 Å². The zero-order chi connectivity index (χ0) is 109. The number of carbonyl (C=O) groups is 4. The molecule has 27 heteroatoms. The Morgan fingerprint density at radius 2 is 0.648 bits per heavy atom. The molecule has 4 amide bonds. The third-order valence-corrected chi connectivity index (χ3v) is 27.3. The molecule has 0 aliphatic carbocycles. The van der Waals surface area contributed by atoms with E-state index in [0.29, 0.717) is 52.6 Å². The van der Waals surface area contributed by atoms with Gasteiger partial charge in [0.05, 0.1) is 79.4 Å². The summed E-state index contributed by atoms with van der Waals surface area (Å²) in [5, 5.41) is 134. The van der Waals surface area contributed by atoms with E-state index < -0.39 is 30.5 Å². The molecule has 0 saturated carbocycles. The van der Waals surface area contributed by atoms with E-state index in [1.54, 1.807) is 48.3 Å². The number of aromatic hydroxyl groups is 12. The minimum Gasteiger partial charge on any atom is -0.508 e. The number of allylic oxidation sites excluding steroid dienone is 20. The van der Waals surface area contributed by atoms with E-state index in [0.717, 1.165) is 142 Å². The number of halogens is 2. The number of nitrogens with one attached hydrogen (secondary N) is 2. The van der Waals surface area contributed by atoms with Gasteiger partial charge in [0.25, 0.3) is 23.6 Å². The highest BCUT2D eigenvalue weighted by Gasteiger charge is 2.39. The maximum Gasteiger partial charge on any atom is 0.260 e. The van der Waals surface area contributed by atoms with Gasteiger partial charge in [0.2, 0.25) is 0 Å². The van der Waals surface area contributed by atoms with Gasteiger partial charge in [-0.15, -0.1) is 0 Å². The van der Waals surface area contributed by atoms with Crippen molar-refractivity contribution in [1.82, 2.24) is 0 Å². The lowest BCUT2D eigenvalue weighted by Crippen LogP contribution is -2.30. The van der Waals surface area contributed by atoms with Crippen LogP contribution >= 0.6 is 31.9 Å². The molecule has 1 fully saturated rings. The van der Waals surface area contributed by atoms with Gasteiger partial charge in [0.1, 0.15) is 83.4 Å². The van der Waals surface area contributed by atoms with Gasteiger partial charge >= 0.3 is 0 Å². The Bertz CT molecular complexity index is 6630. The van der Waals surface area contributed by atoms with Crippen molar-refractivity contribution in [2.45, 2.75) is 232 Å². The molecule has 13 rings (SSSR count). The van der Waals surface area contributed by atoms with Crippen molar-refractivity contribution in [3.63, 3.8) is 0 Å². The van der Waals surface area contributed by atoms with Crippen LogP contribution in [-0.2, 0) is 4.74 Å². The van der Waals surface area contributed by atoms with Crippen molar-refractivity contribution in [1.29, 1.82) is 0 Å². The van der Waals surface area contributed by atoms with Crippen LogP contribution in [0.5, 0.6) is 69.0 Å². The minimum absolute atomic E-state index is 0.0262. The lowest BCUT2D eigenvalue weighted by molar-refractivity contribution is 0.0983. The topological polar surface area (TPSA) is 364 Å². The van der Waals surface area contributed by atoms with Gasteiger partial charge in [-0.3, -0.25) is 19.2 Å². The number of para-hydroxylation sites is 4. The van der Waals surface area contributed by atoms with Crippen molar-refractivity contribution >= 4 is 124 Å². The standard InChI is InChI=1S/C32H40N2O5.C29H35BrN2O4.C29H36N2O4.C28H33BrN2O4/c1-20(2)9-5-10-21(3)11-6-12-22(4)16-17-34-24-19-26(36)28(27-15-8-18-39-27)31(37)30(24)33-29-23(32(34)38)13-7-14-25(29)35;1-18(2)9-6-10-19(3)11-7-12-20(4)15-16-32-22-17-24(34)25(30)28(35)27(22)31(5)26-21(29(32)36)13-8-14-23(26)33;1-19(2)9-6-10-20(3)11-7-12-21(4)15-16-31-24-17-22(32)18-26(34)28(24)30(5)27-23(29(31)35)13-8-14-25(27)33;1-17(2)8-5-9-18(3)10-6-11-19(4)14-15-31-21-16-23(33)24(29)27(34)26(21)30-25-20(28(31)35)12-7-13-22(25)32/h7,9,11,13-14,16,19,27,33,35-37H,5-6,8,10,12,15,17-18H2,1-4H3;8-9,11,13-15,17,33-35H,6-7,10,12,16H2,1-5H3;8-9,11,13-15,17-18,32-34H,6-7,10,12,16H2,1-5H3;7-8,10,12-14,16,30,32-34H,5-6,9,11,15H2,1-4H3/b21-11+,22-16+;19-11+,20-15+;20-11+,21-15+;18-10+,19-14+/i;;5D3;. The van der Waals surface area contributed by atoms with Crippen molar-refractivity contribution < 1.29 is 89.3 Å². The second-order valence-electron chi connectivity index (χ2n) is 38.7. The molecule has 1 unspecified atom stereocenters. The highest BCUT2D eigenvalue weighted by atomic mass is 79.9. The fourth-order valence-corrected chi connectivity index (χ4v) is 18.1. The molecular weight excluding hydrogens is 1960 g/mol. The Morgan fingerprint density at radius 3 is 1.01 bits per heavy atom. The molecule has 5 aliphatic rings. The Labute approximate surface area is 875 Å². The van der Waals surface area contributed by atoms with Crippen LogP contribution in [0.1, 0.15) is 284 Å². The molecule has 5 heterocycles. The third-order valence-electron chi connectivity index (χ3n) is 25.8. The fraction of sp³-hybridized carbons (Fsp3) is 0.356. The molecule has 145 heavy (non-hydrogen) atoms. The van der Waals surface area contributed by atoms with Crippen LogP contribution in [0.25, 0.3) is 0 Å². The summed E-state index contributed by atoms with van der Waals surface area (Å²) in [5.74, 6) is -4.24. The smallest absolute Gasteiger partial charge is 0.260 e. The van der Waals surface area contributed by atoms with E-state index in [2.05, 4.69) is 174 Å². The SMILES string of the molecule is CC(C)=CCC/C(C)=C/CC/C(C)=C/CN1C(=O)c2cccc(O)c2N(C)c2c1cc(O)c(Br)c2O.CC(C)=CCC/C(C)=C/CC/C(C)=C/CN1C(=O)c2cccc(O)c2Nc2c1cc(O)c(Br)c2O.CC(C)=CCC/C(C)=C/CC/C(C)=C/CN1C(=O)c2cccc(O)c2Nc2c1cc(O)c(C1CCCO1)c2O.[2H]C([2H])([2H])N1c2c(O)cccc2C(=O)N(C/C=C(\C)CC/C=C(\C)CCC=C(C)C)c2cc(O)cc(O)c21. The first-order chi connectivity index (χ1) is 70.1. The molecule has 0 spiro atoms. The molecule has 1 saturated heterocycles. The number of rotatable bonds is 33. The van der Waals surface area contributed by atoms with Crippen LogP contribution in [0.15, 0.2) is 252 Å². The lowest BCUT2D eigenvalue weighted by atomic mass is 10.0. The van der Waals surface area contributed by atoms with Crippen LogP contribution in [0.3, 0.4) is 0 Å². The zero-order valence-corrected chi connectivity index (χ0v) is 89.6. The number of amides is 4. The van der Waals surface area contributed by atoms with E-state index in [1.807, 2.05) is 52.0 Å². The second kappa shape index (κ2) is 52.7. The van der Waals surface area contributed by atoms with Crippen molar-refractivity contribution in [3.05, 3.63) is 280 Å². The fourth-order valence-electron chi connectivity index (χ4n) is 17.5. The van der Waals surface area contributed by atoms with Crippen LogP contribution in [-0.4, -0.2) is 132 Å². The number of benzene rings is 8. The molecule has 8 aromatic rings. The van der Waals surface area contributed by atoms with E-state index in [1.165, 1.54) is 125 Å². The summed E-state index contributed by atoms with van der Waals surface area (Å²) < 4.78 is 30.4. The van der Waals surface area contributed by atoms with Gasteiger partial charge in [-0.25, -0.2) is 0 Å². The molecule has 25 nitrogen and oxygen atoms in total. The Hall–Kier alpha value is -13.8. The summed E-state index contributed by atoms with van der Waals surface area (Å²) >= 11 is 6.39. The van der Waals surface area contributed by atoms with E-state index >= 15 is 0 Å². The second-order valence-corrected chi connectivity index (χ2v) is 40.2. The highest BCUT2D eigenvalue weighted by Crippen LogP contribution is 2.57. The first kappa shape index (κ1) is 108. The monoisotopic (exact) mass is 2110 g/mol. The van der Waals surface area contributed by atoms with Gasteiger partial charge < -0.3 is 106 Å². The lowest BCUT2D eigenvalue weighted by Gasteiger charge is -2.26. The molecule has 0 radical (unpaired) electrons. The number of carbonyl (C=O) groups excluding carboxylic acids is 4. The third kappa shape index (κ3) is 29.5. The molecule has 0 bridgehead atoms. The number of hydrogen-bond donors (Lipinski definition) is 14. The maximum absolute atomic E-state index is 13.7. The van der Waals surface area contributed by atoms with Crippen molar-refractivity contribution in [2.75, 3.05) is 86.8 Å². The average molecular weight is 2110 g/mol. The number of nitrogens with zero attached hydrogens (tertiary/aromatic N) is 6. The quantitative estimate of drug-likeness (QED) is 0.0103. The summed E-state index contributed by atoms with van der Waals surface area (Å²) in [6.45, 7) is 32.0. The highest BCUT2D eigenvalue weighted by molar-refractivity contribution is 9.11. The van der Waals surface area contributed by atoms with Crippen LogP contribution in [0, 0.1) is 0 Å². The average Bonchev–Trinajstić information content (AvgIpc) is 1.58. The van der Waals surface area contributed by atoms with Crippen molar-refractivity contribution in [2.24, 2.45) is 0 Å². The summed E-state index contributed by atoms with van der Waals surface area (Å²) in [4.78, 5) is 62.7. The molecule has 0 aromatic heterocycles. The van der Waals surface area contributed by atoms with Crippen molar-refractivity contribution in [3.8, 4) is 69.0 Å². The van der Waals surface area contributed by atoms with Crippen LogP contribution in [0.4, 0.5) is 68.2 Å². The number of fused-ring (bicyclic) bond motifs is 8. The van der Waals surface area contributed by atoms with Gasteiger partial charge in [-0.2, -0.15) is 0 Å². The maximum atomic E-state index is 13.7. The van der Waals surface area contributed by atoms with Crippen LogP contribution < -0.4 is 40.0 Å². The Balaban J connectivity index is 0.000000202. The number of hydrogen-bond acceptors (Lipinski definition) is 21. The number of ether oxygens (including phenoxy) is 1. The van der Waals surface area contributed by atoms with E-state index in [9.17, 15) is 80.5 Å². The van der Waals surface area contributed by atoms with E-state index in [-0.39, 0.29) is 167 Å². The van der Waals surface area contributed by atoms with Crippen LogP contribution in [0.2, 0.25) is 0 Å². The summed E-state index contributed by atoms with van der Waals surface area (Å²) in [5.41, 5.74) is 18.5. The number of anilines is 12. The van der Waals surface area contributed by atoms with Gasteiger partial charge in [0.15, 0.2) is 17.2 Å². The van der Waals surface area contributed by atoms with E-state index in [4.69, 9.17) is 8.85 Å². The van der Waals surface area contributed by atoms with Gasteiger partial charge in [0, 0.05) is 81.3 Å². The number of phenolic OH excluding ortho intramolecular Hbond substituents is 12. The first-order valence-corrected chi connectivity index (χ1v) is 50.9. The Kier molecular flexibility index (Phi) is 39.4. The molecular formula is C118H144Br2N8O17. The molecule has 1 atom stereocenters. The molecule has 8 aromatic carbocycles. The summed E-state index contributed by atoms with van der Waals surface area (Å²) in [6.07, 6.45) is 42.2. The zero-order valence-electron chi connectivity index (χ0n) is 89.4. The minimum atomic E-state index is -2.85.